The summed E-state index contributed by atoms with van der Waals surface area (Å²) < 4.78 is 5.39. The number of nitrogens with one attached hydrogen (secondary N) is 1. The van der Waals surface area contributed by atoms with Gasteiger partial charge in [-0.05, 0) is 61.4 Å². The summed E-state index contributed by atoms with van der Waals surface area (Å²) in [6.07, 6.45) is 0. The van der Waals surface area contributed by atoms with Crippen LogP contribution < -0.4 is 10.2 Å². The van der Waals surface area contributed by atoms with Crippen LogP contribution in [0.5, 0.6) is 0 Å². The Hall–Kier alpha value is -3.08. The molecule has 0 spiro atoms. The summed E-state index contributed by atoms with van der Waals surface area (Å²) in [6, 6.07) is 16.0. The van der Waals surface area contributed by atoms with Crippen molar-refractivity contribution in [2.45, 2.75) is 18.9 Å². The maximum atomic E-state index is 12.5. The Bertz CT molecular complexity index is 1150. The van der Waals surface area contributed by atoms with Gasteiger partial charge < -0.3 is 15.0 Å². The number of carbonyl (C=O) groups excluding carboxylic acids is 1. The number of thioether (sulfide) groups is 1. The standard InChI is InChI=1S/C24H24N4O2S/c1-16-11-17(2)21-13-18(14-25)24(27-22(21)12-16)31-15-23(29)26-19-3-5-20(6-4-19)28-7-9-30-10-8-28/h3-6,11-13H,7-10,15H2,1-2H3,(H,26,29). The van der Waals surface area contributed by atoms with E-state index in [9.17, 15) is 10.1 Å². The van der Waals surface area contributed by atoms with Gasteiger partial charge in [-0.1, -0.05) is 17.8 Å². The number of nitrogens with zero attached hydrogens (tertiary/aromatic N) is 3. The summed E-state index contributed by atoms with van der Waals surface area (Å²) in [7, 11) is 0. The number of morpholine rings is 1. The highest BCUT2D eigenvalue weighted by molar-refractivity contribution is 8.00. The summed E-state index contributed by atoms with van der Waals surface area (Å²) in [5.41, 5.74) is 5.43. The summed E-state index contributed by atoms with van der Waals surface area (Å²) in [5.74, 6) is 0.0544. The third kappa shape index (κ3) is 4.98. The van der Waals surface area contributed by atoms with Gasteiger partial charge in [0.2, 0.25) is 5.91 Å². The van der Waals surface area contributed by atoms with E-state index in [4.69, 9.17) is 4.74 Å². The molecule has 7 heteroatoms. The normalized spacial score (nSPS) is 13.8. The number of ether oxygens (including phenoxy) is 1. The molecular weight excluding hydrogens is 408 g/mol. The predicted molar refractivity (Wildman–Crippen MR) is 125 cm³/mol. The summed E-state index contributed by atoms with van der Waals surface area (Å²) in [5, 5.41) is 14.0. The van der Waals surface area contributed by atoms with Crippen molar-refractivity contribution >= 4 is 39.9 Å². The zero-order valence-electron chi connectivity index (χ0n) is 17.6. The van der Waals surface area contributed by atoms with Crippen molar-refractivity contribution in [2.75, 3.05) is 42.3 Å². The Morgan fingerprint density at radius 2 is 1.94 bits per heavy atom. The summed E-state index contributed by atoms with van der Waals surface area (Å²) in [6.45, 7) is 7.27. The first kappa shape index (κ1) is 21.2. The highest BCUT2D eigenvalue weighted by Crippen LogP contribution is 2.27. The number of nitriles is 1. The number of aromatic nitrogens is 1. The fourth-order valence-electron chi connectivity index (χ4n) is 3.71. The van der Waals surface area contributed by atoms with Crippen LogP contribution in [0.3, 0.4) is 0 Å². The second-order valence-corrected chi connectivity index (χ2v) is 8.55. The molecule has 0 unspecified atom stereocenters. The lowest BCUT2D eigenvalue weighted by Gasteiger charge is -2.28. The van der Waals surface area contributed by atoms with Crippen molar-refractivity contribution in [3.05, 3.63) is 59.2 Å². The van der Waals surface area contributed by atoms with E-state index in [1.165, 1.54) is 11.8 Å². The quantitative estimate of drug-likeness (QED) is 0.606. The van der Waals surface area contributed by atoms with Crippen LogP contribution in [0.25, 0.3) is 10.9 Å². The van der Waals surface area contributed by atoms with Gasteiger partial charge >= 0.3 is 0 Å². The lowest BCUT2D eigenvalue weighted by Crippen LogP contribution is -2.36. The van der Waals surface area contributed by atoms with Crippen LogP contribution in [0.4, 0.5) is 11.4 Å². The smallest absolute Gasteiger partial charge is 0.234 e. The molecule has 1 amide bonds. The molecule has 3 aromatic rings. The van der Waals surface area contributed by atoms with Crippen LogP contribution in [0.15, 0.2) is 47.5 Å². The third-order valence-corrected chi connectivity index (χ3v) is 6.23. The molecule has 0 aliphatic carbocycles. The Morgan fingerprint density at radius 1 is 1.19 bits per heavy atom. The maximum absolute atomic E-state index is 12.5. The van der Waals surface area contributed by atoms with E-state index in [0.717, 1.165) is 59.7 Å². The molecule has 1 aromatic heterocycles. The SMILES string of the molecule is Cc1cc(C)c2cc(C#N)c(SCC(=O)Nc3ccc(N4CCOCC4)cc3)nc2c1. The average Bonchev–Trinajstić information content (AvgIpc) is 2.78. The lowest BCUT2D eigenvalue weighted by molar-refractivity contribution is -0.113. The zero-order chi connectivity index (χ0) is 21.8. The van der Waals surface area contributed by atoms with Gasteiger partial charge in [-0.2, -0.15) is 5.26 Å². The van der Waals surface area contributed by atoms with Crippen LogP contribution in [0, 0.1) is 25.2 Å². The van der Waals surface area contributed by atoms with E-state index < -0.39 is 0 Å². The van der Waals surface area contributed by atoms with Crippen molar-refractivity contribution in [3.8, 4) is 6.07 Å². The monoisotopic (exact) mass is 432 g/mol. The molecule has 158 valence electrons. The van der Waals surface area contributed by atoms with Crippen LogP contribution in [-0.4, -0.2) is 42.9 Å². The predicted octanol–water partition coefficient (Wildman–Crippen LogP) is 4.29. The highest BCUT2D eigenvalue weighted by atomic mass is 32.2. The number of aryl methyl sites for hydroxylation is 2. The van der Waals surface area contributed by atoms with E-state index in [2.05, 4.69) is 27.3 Å². The first-order valence-corrected chi connectivity index (χ1v) is 11.2. The van der Waals surface area contributed by atoms with Crippen LogP contribution in [0.1, 0.15) is 16.7 Å². The molecule has 0 atom stereocenters. The highest BCUT2D eigenvalue weighted by Gasteiger charge is 2.13. The third-order valence-electron chi connectivity index (χ3n) is 5.24. The van der Waals surface area contributed by atoms with Gasteiger partial charge in [0.15, 0.2) is 0 Å². The zero-order valence-corrected chi connectivity index (χ0v) is 18.5. The second kappa shape index (κ2) is 9.38. The Labute approximate surface area is 186 Å². The number of benzene rings is 2. The number of rotatable bonds is 5. The molecule has 1 fully saturated rings. The number of anilines is 2. The Kier molecular flexibility index (Phi) is 6.40. The molecule has 31 heavy (non-hydrogen) atoms. The summed E-state index contributed by atoms with van der Waals surface area (Å²) in [4.78, 5) is 19.4. The number of pyridine rings is 1. The Morgan fingerprint density at radius 3 is 2.65 bits per heavy atom. The molecule has 1 saturated heterocycles. The van der Waals surface area contributed by atoms with Crippen molar-refractivity contribution in [1.82, 2.24) is 4.98 Å². The molecule has 0 radical (unpaired) electrons. The molecule has 4 rings (SSSR count). The number of hydrogen-bond donors (Lipinski definition) is 1. The van der Waals surface area contributed by atoms with Gasteiger partial charge in [0.25, 0.3) is 0 Å². The van der Waals surface area contributed by atoms with Crippen LogP contribution >= 0.6 is 11.8 Å². The average molecular weight is 433 g/mol. The van der Waals surface area contributed by atoms with Gasteiger partial charge in [0.1, 0.15) is 11.1 Å². The fraction of sp³-hybridized carbons (Fsp3) is 0.292. The van der Waals surface area contributed by atoms with Gasteiger partial charge in [0.05, 0.1) is 30.0 Å². The molecule has 1 aliphatic rings. The summed E-state index contributed by atoms with van der Waals surface area (Å²) >= 11 is 1.28. The first-order valence-electron chi connectivity index (χ1n) is 10.2. The number of hydrogen-bond acceptors (Lipinski definition) is 6. The fourth-order valence-corrected chi connectivity index (χ4v) is 4.47. The lowest BCUT2D eigenvalue weighted by atomic mass is 10.1. The molecule has 6 nitrogen and oxygen atoms in total. The van der Waals surface area contributed by atoms with E-state index in [-0.39, 0.29) is 11.7 Å². The molecule has 0 bridgehead atoms. The van der Waals surface area contributed by atoms with E-state index in [1.807, 2.05) is 50.2 Å². The van der Waals surface area contributed by atoms with Crippen molar-refractivity contribution < 1.29 is 9.53 Å². The second-order valence-electron chi connectivity index (χ2n) is 7.58. The van der Waals surface area contributed by atoms with E-state index in [1.54, 1.807) is 0 Å². The van der Waals surface area contributed by atoms with E-state index >= 15 is 0 Å². The van der Waals surface area contributed by atoms with Gasteiger partial charge in [-0.25, -0.2) is 4.98 Å². The molecule has 1 N–H and O–H groups in total. The van der Waals surface area contributed by atoms with Crippen molar-refractivity contribution in [2.24, 2.45) is 0 Å². The Balaban J connectivity index is 1.41. The maximum Gasteiger partial charge on any atom is 0.234 e. The molecule has 0 saturated carbocycles. The molecule has 1 aliphatic heterocycles. The minimum atomic E-state index is -0.129. The molecular formula is C24H24N4O2S. The number of amides is 1. The molecule has 2 aromatic carbocycles. The van der Waals surface area contributed by atoms with Gasteiger partial charge in [-0.15, -0.1) is 0 Å². The van der Waals surface area contributed by atoms with Gasteiger partial charge in [-0.3, -0.25) is 4.79 Å². The van der Waals surface area contributed by atoms with Crippen LogP contribution in [-0.2, 0) is 9.53 Å². The van der Waals surface area contributed by atoms with Crippen molar-refractivity contribution in [1.29, 1.82) is 5.26 Å². The first-order chi connectivity index (χ1) is 15.0. The minimum absolute atomic E-state index is 0.129. The number of fused-ring (bicyclic) bond motifs is 1. The topological polar surface area (TPSA) is 78.2 Å². The van der Waals surface area contributed by atoms with E-state index in [0.29, 0.717) is 10.6 Å². The molecule has 2 heterocycles. The van der Waals surface area contributed by atoms with Crippen molar-refractivity contribution in [3.63, 3.8) is 0 Å². The number of carbonyl (C=O) groups is 1. The minimum Gasteiger partial charge on any atom is -0.378 e. The largest absolute Gasteiger partial charge is 0.378 e. The van der Waals surface area contributed by atoms with Gasteiger partial charge in [0, 0.05) is 29.9 Å². The van der Waals surface area contributed by atoms with Crippen LogP contribution in [0.2, 0.25) is 0 Å².